The smallest absolute Gasteiger partial charge is 0.124 e. The van der Waals surface area contributed by atoms with Gasteiger partial charge in [0.15, 0.2) is 0 Å². The monoisotopic (exact) mass is 373 g/mol. The minimum atomic E-state index is -0.416. The predicted molar refractivity (Wildman–Crippen MR) is 95.6 cm³/mol. The number of benzene rings is 2. The van der Waals surface area contributed by atoms with Crippen molar-refractivity contribution in [2.24, 2.45) is 0 Å². The molecule has 1 unspecified atom stereocenters. The molecule has 2 aromatic carbocycles. The van der Waals surface area contributed by atoms with Crippen LogP contribution >= 0.6 is 34.8 Å². The molecule has 2 N–H and O–H groups in total. The highest BCUT2D eigenvalue weighted by Crippen LogP contribution is 2.28. The summed E-state index contributed by atoms with van der Waals surface area (Å²) in [4.78, 5) is 0. The van der Waals surface area contributed by atoms with Gasteiger partial charge in [0.2, 0.25) is 0 Å². The molecule has 2 aromatic rings. The number of aliphatic hydroxyl groups excluding tert-OH is 1. The van der Waals surface area contributed by atoms with E-state index in [9.17, 15) is 5.11 Å². The molecule has 23 heavy (non-hydrogen) atoms. The zero-order chi connectivity index (χ0) is 16.8. The molecule has 0 spiro atoms. The van der Waals surface area contributed by atoms with Crippen molar-refractivity contribution in [2.45, 2.75) is 26.2 Å². The fraction of sp³-hybridized carbons (Fsp3) is 0.294. The Kier molecular flexibility index (Phi) is 7.00. The first-order valence-corrected chi connectivity index (χ1v) is 8.33. The summed E-state index contributed by atoms with van der Waals surface area (Å²) in [6.45, 7) is 3.02. The average molecular weight is 375 g/mol. The Morgan fingerprint density at radius 2 is 1.83 bits per heavy atom. The second-order valence-corrected chi connectivity index (χ2v) is 6.47. The van der Waals surface area contributed by atoms with Crippen LogP contribution in [0.15, 0.2) is 36.4 Å². The summed E-state index contributed by atoms with van der Waals surface area (Å²) in [6.07, 6.45) is -0.416. The first kappa shape index (κ1) is 18.4. The van der Waals surface area contributed by atoms with Gasteiger partial charge in [-0.15, -0.1) is 0 Å². The van der Waals surface area contributed by atoms with E-state index in [2.05, 4.69) is 5.32 Å². The Morgan fingerprint density at radius 3 is 2.48 bits per heavy atom. The Morgan fingerprint density at radius 1 is 1.13 bits per heavy atom. The molecule has 0 heterocycles. The molecule has 0 aliphatic carbocycles. The number of hydrogen-bond donors (Lipinski definition) is 2. The molecular weight excluding hydrogens is 357 g/mol. The minimum absolute atomic E-state index is 0.267. The van der Waals surface area contributed by atoms with Crippen LogP contribution in [0.5, 0.6) is 5.75 Å². The quantitative estimate of drug-likeness (QED) is 0.738. The maximum Gasteiger partial charge on any atom is 0.124 e. The topological polar surface area (TPSA) is 41.5 Å². The molecule has 0 saturated carbocycles. The molecule has 0 bridgehead atoms. The van der Waals surface area contributed by atoms with Gasteiger partial charge in [-0.3, -0.25) is 0 Å². The fourth-order valence-corrected chi connectivity index (χ4v) is 2.76. The molecule has 6 heteroatoms. The van der Waals surface area contributed by atoms with E-state index in [0.717, 1.165) is 11.1 Å². The van der Waals surface area contributed by atoms with Crippen molar-refractivity contribution in [3.05, 3.63) is 62.6 Å². The molecule has 3 nitrogen and oxygen atoms in total. The first-order chi connectivity index (χ1) is 11.0. The molecule has 0 aliphatic heterocycles. The van der Waals surface area contributed by atoms with Crippen molar-refractivity contribution in [1.82, 2.24) is 5.32 Å². The van der Waals surface area contributed by atoms with Gasteiger partial charge < -0.3 is 15.2 Å². The summed E-state index contributed by atoms with van der Waals surface area (Å²) < 4.78 is 5.87. The van der Waals surface area contributed by atoms with Gasteiger partial charge in [0.1, 0.15) is 12.4 Å². The molecule has 0 radical (unpaired) electrons. The highest BCUT2D eigenvalue weighted by atomic mass is 35.5. The lowest BCUT2D eigenvalue weighted by atomic mass is 10.2. The highest BCUT2D eigenvalue weighted by Gasteiger charge is 2.09. The average Bonchev–Trinajstić information content (AvgIpc) is 2.48. The molecule has 0 aliphatic rings. The van der Waals surface area contributed by atoms with E-state index >= 15 is 0 Å². The maximum absolute atomic E-state index is 9.32. The number of hydrogen-bond acceptors (Lipinski definition) is 3. The maximum atomic E-state index is 9.32. The lowest BCUT2D eigenvalue weighted by Gasteiger charge is -2.14. The van der Waals surface area contributed by atoms with E-state index in [1.807, 2.05) is 12.1 Å². The van der Waals surface area contributed by atoms with Crippen LogP contribution in [0.4, 0.5) is 0 Å². The van der Waals surface area contributed by atoms with Gasteiger partial charge >= 0.3 is 0 Å². The van der Waals surface area contributed by atoms with Gasteiger partial charge in [-0.25, -0.2) is 0 Å². The number of rotatable bonds is 7. The second-order valence-electron chi connectivity index (χ2n) is 5.22. The van der Waals surface area contributed by atoms with Crippen molar-refractivity contribution < 1.29 is 9.84 Å². The lowest BCUT2D eigenvalue weighted by molar-refractivity contribution is 0.190. The summed E-state index contributed by atoms with van der Waals surface area (Å²) in [5.74, 6) is 0.698. The molecule has 0 amide bonds. The number of ether oxygens (including phenoxy) is 1. The molecular formula is C17H18Cl3NO2. The summed E-state index contributed by atoms with van der Waals surface area (Å²) in [5, 5.41) is 14.2. The van der Waals surface area contributed by atoms with Crippen LogP contribution in [0.25, 0.3) is 0 Å². The Labute approximate surface area is 151 Å². The fourth-order valence-electron chi connectivity index (χ4n) is 2.06. The SMILES string of the molecule is CC(O)CNCc1cc(Cl)ccc1OCc1c(Cl)cccc1Cl. The zero-order valence-electron chi connectivity index (χ0n) is 12.7. The number of nitrogens with one attached hydrogen (secondary N) is 1. The standard InChI is InChI=1S/C17H18Cl3NO2/c1-11(22)8-21-9-12-7-13(18)5-6-17(12)23-10-14-15(19)3-2-4-16(14)20/h2-7,11,21-22H,8-10H2,1H3. The molecule has 1 atom stereocenters. The highest BCUT2D eigenvalue weighted by molar-refractivity contribution is 6.35. The van der Waals surface area contributed by atoms with Crippen LogP contribution in [0.2, 0.25) is 15.1 Å². The second kappa shape index (κ2) is 8.76. The summed E-state index contributed by atoms with van der Waals surface area (Å²) >= 11 is 18.4. The molecule has 0 aromatic heterocycles. The molecule has 0 fully saturated rings. The van der Waals surface area contributed by atoms with Gasteiger partial charge in [-0.05, 0) is 37.3 Å². The first-order valence-electron chi connectivity index (χ1n) is 7.20. The van der Waals surface area contributed by atoms with Crippen molar-refractivity contribution in [1.29, 1.82) is 0 Å². The van der Waals surface area contributed by atoms with Crippen LogP contribution in [0.3, 0.4) is 0 Å². The molecule has 0 saturated heterocycles. The summed E-state index contributed by atoms with van der Waals surface area (Å²) in [7, 11) is 0. The third-order valence-corrected chi connectivity index (χ3v) is 4.15. The largest absolute Gasteiger partial charge is 0.488 e. The van der Waals surface area contributed by atoms with Crippen molar-refractivity contribution in [3.8, 4) is 5.75 Å². The Balaban J connectivity index is 2.10. The van der Waals surface area contributed by atoms with Crippen LogP contribution in [-0.4, -0.2) is 17.8 Å². The molecule has 2 rings (SSSR count). The van der Waals surface area contributed by atoms with Crippen molar-refractivity contribution in [3.63, 3.8) is 0 Å². The van der Waals surface area contributed by atoms with E-state index < -0.39 is 6.10 Å². The van der Waals surface area contributed by atoms with Gasteiger partial charge in [0.05, 0.1) is 6.10 Å². The third-order valence-electron chi connectivity index (χ3n) is 3.21. The normalized spacial score (nSPS) is 12.2. The van der Waals surface area contributed by atoms with E-state index in [0.29, 0.717) is 33.9 Å². The van der Waals surface area contributed by atoms with Crippen LogP contribution in [0.1, 0.15) is 18.1 Å². The van der Waals surface area contributed by atoms with Gasteiger partial charge in [-0.2, -0.15) is 0 Å². The minimum Gasteiger partial charge on any atom is -0.488 e. The predicted octanol–water partition coefficient (Wildman–Crippen LogP) is 4.70. The summed E-state index contributed by atoms with van der Waals surface area (Å²) in [6, 6.07) is 10.8. The number of halogens is 3. The van der Waals surface area contributed by atoms with Gasteiger partial charge in [-0.1, -0.05) is 40.9 Å². The molecule has 124 valence electrons. The Bertz CT molecular complexity index is 642. The third kappa shape index (κ3) is 5.55. The van der Waals surface area contributed by atoms with Crippen LogP contribution in [0, 0.1) is 0 Å². The zero-order valence-corrected chi connectivity index (χ0v) is 14.9. The van der Waals surface area contributed by atoms with E-state index in [1.54, 1.807) is 31.2 Å². The van der Waals surface area contributed by atoms with Gasteiger partial charge in [0, 0.05) is 39.3 Å². The van der Waals surface area contributed by atoms with Crippen molar-refractivity contribution in [2.75, 3.05) is 6.54 Å². The van der Waals surface area contributed by atoms with Gasteiger partial charge in [0.25, 0.3) is 0 Å². The van der Waals surface area contributed by atoms with Crippen molar-refractivity contribution >= 4 is 34.8 Å². The summed E-state index contributed by atoms with van der Waals surface area (Å²) in [5.41, 5.74) is 1.65. The number of aliphatic hydroxyl groups is 1. The van der Waals surface area contributed by atoms with Crippen LogP contribution < -0.4 is 10.1 Å². The van der Waals surface area contributed by atoms with Crippen LogP contribution in [-0.2, 0) is 13.2 Å². The van der Waals surface area contributed by atoms with E-state index in [-0.39, 0.29) is 6.61 Å². The van der Waals surface area contributed by atoms with E-state index in [4.69, 9.17) is 39.5 Å². The Hall–Kier alpha value is -0.970. The van der Waals surface area contributed by atoms with E-state index in [1.165, 1.54) is 0 Å². The lowest BCUT2D eigenvalue weighted by Crippen LogP contribution is -2.24.